The molecule has 18 heavy (non-hydrogen) atoms. The molecule has 0 spiro atoms. The number of hydrogen-bond donors (Lipinski definition) is 1. The van der Waals surface area contributed by atoms with Crippen LogP contribution < -0.4 is 4.74 Å². The van der Waals surface area contributed by atoms with E-state index in [0.29, 0.717) is 11.7 Å². The van der Waals surface area contributed by atoms with E-state index in [4.69, 9.17) is 4.74 Å². The summed E-state index contributed by atoms with van der Waals surface area (Å²) in [6.07, 6.45) is 1.20. The van der Waals surface area contributed by atoms with E-state index in [9.17, 15) is 5.11 Å². The molecule has 0 amide bonds. The summed E-state index contributed by atoms with van der Waals surface area (Å²) in [5, 5.41) is 12.2. The molecule has 0 saturated heterocycles. The molecule has 1 unspecified atom stereocenters. The number of phenolic OH excluding ortho intramolecular Hbond substituents is 1. The molecule has 1 aliphatic heterocycles. The van der Waals surface area contributed by atoms with Crippen LogP contribution in [0.1, 0.15) is 37.8 Å². The molecule has 1 heterocycles. The third-order valence-corrected chi connectivity index (χ3v) is 3.64. The molecule has 2 aromatic carbocycles. The van der Waals surface area contributed by atoms with Crippen molar-refractivity contribution in [1.82, 2.24) is 0 Å². The van der Waals surface area contributed by atoms with E-state index in [-0.39, 0.29) is 6.10 Å². The van der Waals surface area contributed by atoms with Crippen LogP contribution in [0.25, 0.3) is 10.8 Å². The average molecular weight is 242 g/mol. The number of hydrogen-bond acceptors (Lipinski definition) is 2. The van der Waals surface area contributed by atoms with Crippen LogP contribution in [0.15, 0.2) is 24.3 Å². The van der Waals surface area contributed by atoms with Crippen LogP contribution in [0, 0.1) is 0 Å². The second kappa shape index (κ2) is 3.91. The van der Waals surface area contributed by atoms with Crippen LogP contribution in [0.3, 0.4) is 0 Å². The normalized spacial score (nSPS) is 18.1. The first-order valence-electron chi connectivity index (χ1n) is 6.51. The number of benzene rings is 2. The molecule has 0 saturated carbocycles. The first-order valence-corrected chi connectivity index (χ1v) is 6.51. The summed E-state index contributed by atoms with van der Waals surface area (Å²) in [4.78, 5) is 0. The van der Waals surface area contributed by atoms with Crippen molar-refractivity contribution >= 4 is 10.8 Å². The molecule has 2 nitrogen and oxygen atoms in total. The van der Waals surface area contributed by atoms with E-state index in [2.05, 4.69) is 20.8 Å². The minimum absolute atomic E-state index is 0.249. The van der Waals surface area contributed by atoms with Gasteiger partial charge in [-0.15, -0.1) is 0 Å². The summed E-state index contributed by atoms with van der Waals surface area (Å²) in [5.74, 6) is 1.74. The number of phenols is 1. The Labute approximate surface area is 107 Å². The molecular weight excluding hydrogens is 224 g/mol. The van der Waals surface area contributed by atoms with Gasteiger partial charge in [0.15, 0.2) is 0 Å². The second-order valence-electron chi connectivity index (χ2n) is 5.46. The van der Waals surface area contributed by atoms with Gasteiger partial charge < -0.3 is 9.84 Å². The van der Waals surface area contributed by atoms with E-state index in [1.54, 1.807) is 0 Å². The summed E-state index contributed by atoms with van der Waals surface area (Å²) in [5.41, 5.74) is 2.50. The maximum Gasteiger partial charge on any atom is 0.123 e. The van der Waals surface area contributed by atoms with Crippen LogP contribution in [0.5, 0.6) is 11.5 Å². The minimum atomic E-state index is 0.249. The van der Waals surface area contributed by atoms with Crippen molar-refractivity contribution < 1.29 is 9.84 Å². The lowest BCUT2D eigenvalue weighted by atomic mass is 9.91. The highest BCUT2D eigenvalue weighted by Crippen LogP contribution is 2.40. The van der Waals surface area contributed by atoms with Crippen molar-refractivity contribution in [3.05, 3.63) is 35.4 Å². The van der Waals surface area contributed by atoms with Crippen molar-refractivity contribution in [2.24, 2.45) is 0 Å². The van der Waals surface area contributed by atoms with Gasteiger partial charge in [-0.2, -0.15) is 0 Å². The molecule has 94 valence electrons. The summed E-state index contributed by atoms with van der Waals surface area (Å²) in [6, 6.07) is 7.78. The van der Waals surface area contributed by atoms with E-state index >= 15 is 0 Å². The maximum absolute atomic E-state index is 9.83. The molecule has 1 aliphatic rings. The Morgan fingerprint density at radius 2 is 2.06 bits per heavy atom. The van der Waals surface area contributed by atoms with Gasteiger partial charge in [0.1, 0.15) is 17.6 Å². The van der Waals surface area contributed by atoms with E-state index < -0.39 is 0 Å². The van der Waals surface area contributed by atoms with Crippen LogP contribution in [0.4, 0.5) is 0 Å². The third kappa shape index (κ3) is 1.64. The van der Waals surface area contributed by atoms with Gasteiger partial charge in [0, 0.05) is 12.0 Å². The summed E-state index contributed by atoms with van der Waals surface area (Å²) in [6.45, 7) is 6.42. The molecule has 1 N–H and O–H groups in total. The van der Waals surface area contributed by atoms with Crippen molar-refractivity contribution in [2.45, 2.75) is 39.2 Å². The molecule has 0 aromatic heterocycles. The maximum atomic E-state index is 9.83. The summed E-state index contributed by atoms with van der Waals surface area (Å²) < 4.78 is 5.82. The zero-order chi connectivity index (χ0) is 12.9. The van der Waals surface area contributed by atoms with Crippen molar-refractivity contribution in [2.75, 3.05) is 0 Å². The SMILES string of the molecule is CC1Cc2c(ccc3cc(O)cc(C(C)C)c23)O1. The van der Waals surface area contributed by atoms with Gasteiger partial charge in [-0.25, -0.2) is 0 Å². The quantitative estimate of drug-likeness (QED) is 0.819. The Balaban J connectivity index is 2.37. The van der Waals surface area contributed by atoms with E-state index in [1.807, 2.05) is 24.3 Å². The Morgan fingerprint density at radius 3 is 2.78 bits per heavy atom. The molecule has 3 rings (SSSR count). The Kier molecular flexibility index (Phi) is 2.47. The van der Waals surface area contributed by atoms with Gasteiger partial charge in [0.25, 0.3) is 0 Å². The van der Waals surface area contributed by atoms with Gasteiger partial charge >= 0.3 is 0 Å². The zero-order valence-electron chi connectivity index (χ0n) is 11.0. The van der Waals surface area contributed by atoms with Crippen molar-refractivity contribution in [3.63, 3.8) is 0 Å². The highest BCUT2D eigenvalue weighted by atomic mass is 16.5. The standard InChI is InChI=1S/C16H18O2/c1-9(2)13-8-12(17)7-11-4-5-15-14(16(11)13)6-10(3)18-15/h4-5,7-10,17H,6H2,1-3H3. The molecule has 0 bridgehead atoms. The summed E-state index contributed by atoms with van der Waals surface area (Å²) in [7, 11) is 0. The van der Waals surface area contributed by atoms with E-state index in [0.717, 1.165) is 17.6 Å². The second-order valence-corrected chi connectivity index (χ2v) is 5.46. The number of ether oxygens (including phenoxy) is 1. The van der Waals surface area contributed by atoms with Gasteiger partial charge in [-0.05, 0) is 47.4 Å². The number of rotatable bonds is 1. The predicted molar refractivity (Wildman–Crippen MR) is 73.5 cm³/mol. The van der Waals surface area contributed by atoms with Gasteiger partial charge in [0.05, 0.1) is 0 Å². The fourth-order valence-corrected chi connectivity index (χ4v) is 2.85. The van der Waals surface area contributed by atoms with Gasteiger partial charge in [-0.3, -0.25) is 0 Å². The first kappa shape index (κ1) is 11.4. The predicted octanol–water partition coefficient (Wildman–Crippen LogP) is 3.99. The highest BCUT2D eigenvalue weighted by molar-refractivity contribution is 5.92. The van der Waals surface area contributed by atoms with Crippen LogP contribution in [-0.2, 0) is 6.42 Å². The van der Waals surface area contributed by atoms with Crippen molar-refractivity contribution in [3.8, 4) is 11.5 Å². The fraction of sp³-hybridized carbons (Fsp3) is 0.375. The Hall–Kier alpha value is -1.70. The Bertz CT molecular complexity index is 614. The molecule has 0 aliphatic carbocycles. The minimum Gasteiger partial charge on any atom is -0.508 e. The van der Waals surface area contributed by atoms with Crippen molar-refractivity contribution in [1.29, 1.82) is 0 Å². The van der Waals surface area contributed by atoms with Gasteiger partial charge in [-0.1, -0.05) is 19.9 Å². The molecule has 0 radical (unpaired) electrons. The highest BCUT2D eigenvalue weighted by Gasteiger charge is 2.23. The largest absolute Gasteiger partial charge is 0.508 e. The van der Waals surface area contributed by atoms with Crippen LogP contribution in [0.2, 0.25) is 0 Å². The lowest BCUT2D eigenvalue weighted by molar-refractivity contribution is 0.254. The lowest BCUT2D eigenvalue weighted by Gasteiger charge is -2.13. The molecule has 1 atom stereocenters. The molecular formula is C16H18O2. The van der Waals surface area contributed by atoms with Gasteiger partial charge in [0.2, 0.25) is 0 Å². The van der Waals surface area contributed by atoms with Crippen LogP contribution in [-0.4, -0.2) is 11.2 Å². The Morgan fingerprint density at radius 1 is 1.28 bits per heavy atom. The lowest BCUT2D eigenvalue weighted by Crippen LogP contribution is -2.05. The van der Waals surface area contributed by atoms with E-state index in [1.165, 1.54) is 16.5 Å². The zero-order valence-corrected chi connectivity index (χ0v) is 11.0. The smallest absolute Gasteiger partial charge is 0.123 e. The topological polar surface area (TPSA) is 29.5 Å². The monoisotopic (exact) mass is 242 g/mol. The molecule has 2 heteroatoms. The average Bonchev–Trinajstić information content (AvgIpc) is 2.67. The summed E-state index contributed by atoms with van der Waals surface area (Å²) >= 11 is 0. The molecule has 0 fully saturated rings. The fourth-order valence-electron chi connectivity index (χ4n) is 2.85. The third-order valence-electron chi connectivity index (χ3n) is 3.64. The number of aromatic hydroxyl groups is 1. The molecule has 2 aromatic rings. The first-order chi connectivity index (χ1) is 8.56. The number of fused-ring (bicyclic) bond motifs is 3. The van der Waals surface area contributed by atoms with Crippen LogP contribution >= 0.6 is 0 Å².